The van der Waals surface area contributed by atoms with Gasteiger partial charge in [0, 0.05) is 32.2 Å². The summed E-state index contributed by atoms with van der Waals surface area (Å²) < 4.78 is 39.2. The van der Waals surface area contributed by atoms with Gasteiger partial charge in [0.05, 0.1) is 6.42 Å². The predicted molar refractivity (Wildman–Crippen MR) is 126 cm³/mol. The molecule has 0 radical (unpaired) electrons. The van der Waals surface area contributed by atoms with E-state index in [2.05, 4.69) is 26.7 Å². The zero-order valence-electron chi connectivity index (χ0n) is 18.9. The summed E-state index contributed by atoms with van der Waals surface area (Å²) >= 11 is 1.21. The van der Waals surface area contributed by atoms with Crippen LogP contribution in [0.25, 0.3) is 10.3 Å². The molecule has 3 heterocycles. The average Bonchev–Trinajstić information content (AvgIpc) is 3.20. The van der Waals surface area contributed by atoms with Crippen LogP contribution in [0.15, 0.2) is 36.4 Å². The first-order valence-corrected chi connectivity index (χ1v) is 12.2. The summed E-state index contributed by atoms with van der Waals surface area (Å²) in [4.78, 5) is 24.3. The lowest BCUT2D eigenvalue weighted by Crippen LogP contribution is -2.53. The van der Waals surface area contributed by atoms with Crippen LogP contribution in [0, 0.1) is 0 Å². The van der Waals surface area contributed by atoms with Gasteiger partial charge in [0.1, 0.15) is 16.0 Å². The molecule has 6 nitrogen and oxygen atoms in total. The standard InChI is InChI=1S/C24H27F3N4O2S/c1-2-3-7-18-15-30(14-17-6-4-5-16(12-17)13-21(32)33)10-11-31(18)23-28-19-8-9-20(24(25,26)27)29-22(19)34-23/h4-6,8-9,12,18H,2-3,7,10-11,13-15H2,1H3,(H,32,33)/t18-/m1/s1. The van der Waals surface area contributed by atoms with Crippen LogP contribution in [-0.4, -0.2) is 51.6 Å². The number of halogens is 3. The van der Waals surface area contributed by atoms with Gasteiger partial charge < -0.3 is 10.0 Å². The minimum absolute atomic E-state index is 0.00242. The fraction of sp³-hybridized carbons (Fsp3) is 0.458. The quantitative estimate of drug-likeness (QED) is 0.465. The van der Waals surface area contributed by atoms with Crippen molar-refractivity contribution in [2.24, 2.45) is 0 Å². The van der Waals surface area contributed by atoms with Crippen LogP contribution in [-0.2, 0) is 23.9 Å². The molecule has 0 aliphatic carbocycles. The molecule has 0 spiro atoms. The average molecular weight is 493 g/mol. The zero-order valence-corrected chi connectivity index (χ0v) is 19.7. The van der Waals surface area contributed by atoms with Crippen molar-refractivity contribution in [1.82, 2.24) is 14.9 Å². The maximum absolute atomic E-state index is 13.1. The lowest BCUT2D eigenvalue weighted by atomic mass is 10.0. The predicted octanol–water partition coefficient (Wildman–Crippen LogP) is 5.22. The molecular formula is C24H27F3N4O2S. The van der Waals surface area contributed by atoms with E-state index in [1.54, 1.807) is 0 Å². The number of unbranched alkanes of at least 4 members (excludes halogenated alkanes) is 1. The molecule has 3 aromatic rings. The van der Waals surface area contributed by atoms with Crippen LogP contribution < -0.4 is 4.90 Å². The second-order valence-electron chi connectivity index (χ2n) is 8.63. The Morgan fingerprint density at radius 3 is 2.71 bits per heavy atom. The molecule has 34 heavy (non-hydrogen) atoms. The summed E-state index contributed by atoms with van der Waals surface area (Å²) in [5.41, 5.74) is 1.45. The maximum atomic E-state index is 13.1. The fourth-order valence-electron chi connectivity index (χ4n) is 4.36. The Morgan fingerprint density at radius 2 is 1.97 bits per heavy atom. The number of thiazole rings is 1. The van der Waals surface area contributed by atoms with E-state index in [4.69, 9.17) is 5.11 Å². The Bertz CT molecular complexity index is 1150. The summed E-state index contributed by atoms with van der Waals surface area (Å²) in [6.07, 6.45) is -1.41. The van der Waals surface area contributed by atoms with Gasteiger partial charge in [0.25, 0.3) is 0 Å². The van der Waals surface area contributed by atoms with Gasteiger partial charge in [-0.2, -0.15) is 13.2 Å². The third-order valence-corrected chi connectivity index (χ3v) is 6.99. The largest absolute Gasteiger partial charge is 0.481 e. The molecule has 182 valence electrons. The van der Waals surface area contributed by atoms with E-state index in [0.29, 0.717) is 15.5 Å². The SMILES string of the molecule is CCCC[C@@H]1CN(Cc2cccc(CC(=O)O)c2)CCN1c1nc2ccc(C(F)(F)F)nc2s1. The lowest BCUT2D eigenvalue weighted by molar-refractivity contribution is -0.141. The molecule has 1 aliphatic rings. The molecular weight excluding hydrogens is 465 g/mol. The number of benzene rings is 1. The summed E-state index contributed by atoms with van der Waals surface area (Å²) in [6, 6.07) is 10.2. The Morgan fingerprint density at radius 1 is 1.18 bits per heavy atom. The van der Waals surface area contributed by atoms with Gasteiger partial charge in [0.15, 0.2) is 5.13 Å². The number of piperazine rings is 1. The van der Waals surface area contributed by atoms with E-state index >= 15 is 0 Å². The highest BCUT2D eigenvalue weighted by molar-refractivity contribution is 7.21. The van der Waals surface area contributed by atoms with Gasteiger partial charge in [-0.1, -0.05) is 55.4 Å². The maximum Gasteiger partial charge on any atom is 0.433 e. The van der Waals surface area contributed by atoms with E-state index in [1.807, 2.05) is 24.3 Å². The molecule has 1 atom stereocenters. The van der Waals surface area contributed by atoms with Crippen LogP contribution in [0.4, 0.5) is 18.3 Å². The highest BCUT2D eigenvalue weighted by Crippen LogP contribution is 2.34. The van der Waals surface area contributed by atoms with Gasteiger partial charge in [-0.05, 0) is 29.7 Å². The number of hydrogen-bond acceptors (Lipinski definition) is 6. The number of nitrogens with zero attached hydrogens (tertiary/aromatic N) is 4. The summed E-state index contributed by atoms with van der Waals surface area (Å²) in [6.45, 7) is 5.16. The minimum Gasteiger partial charge on any atom is -0.481 e. The Kier molecular flexibility index (Phi) is 7.37. The second kappa shape index (κ2) is 10.3. The fourth-order valence-corrected chi connectivity index (χ4v) is 5.40. The second-order valence-corrected chi connectivity index (χ2v) is 9.59. The molecule has 0 bridgehead atoms. The number of carbonyl (C=O) groups is 1. The number of aromatic nitrogens is 2. The molecule has 10 heteroatoms. The molecule has 2 aromatic heterocycles. The van der Waals surface area contributed by atoms with E-state index in [0.717, 1.165) is 62.6 Å². The summed E-state index contributed by atoms with van der Waals surface area (Å²) in [5.74, 6) is -0.849. The number of fused-ring (bicyclic) bond motifs is 1. The summed E-state index contributed by atoms with van der Waals surface area (Å²) in [5, 5.41) is 9.77. The van der Waals surface area contributed by atoms with Crippen LogP contribution in [0.1, 0.15) is 43.0 Å². The molecule has 4 rings (SSSR count). The Balaban J connectivity index is 1.51. The number of anilines is 1. The summed E-state index contributed by atoms with van der Waals surface area (Å²) in [7, 11) is 0. The van der Waals surface area contributed by atoms with Crippen LogP contribution >= 0.6 is 11.3 Å². The number of carboxylic acid groups (broad SMARTS) is 1. The first-order valence-electron chi connectivity index (χ1n) is 11.4. The molecule has 1 saturated heterocycles. The van der Waals surface area contributed by atoms with Crippen molar-refractivity contribution in [3.8, 4) is 0 Å². The third kappa shape index (κ3) is 5.85. The molecule has 1 aliphatic heterocycles. The monoisotopic (exact) mass is 492 g/mol. The molecule has 1 N–H and O–H groups in total. The van der Waals surface area contributed by atoms with Gasteiger partial charge in [0.2, 0.25) is 0 Å². The van der Waals surface area contributed by atoms with Crippen molar-refractivity contribution in [3.05, 3.63) is 53.2 Å². The molecule has 0 unspecified atom stereocenters. The van der Waals surface area contributed by atoms with Gasteiger partial charge in [-0.3, -0.25) is 9.69 Å². The highest BCUT2D eigenvalue weighted by Gasteiger charge is 2.33. The van der Waals surface area contributed by atoms with Crippen molar-refractivity contribution in [2.45, 2.75) is 51.4 Å². The van der Waals surface area contributed by atoms with Crippen molar-refractivity contribution in [2.75, 3.05) is 24.5 Å². The van der Waals surface area contributed by atoms with E-state index in [-0.39, 0.29) is 12.5 Å². The van der Waals surface area contributed by atoms with E-state index in [1.165, 1.54) is 17.4 Å². The van der Waals surface area contributed by atoms with E-state index < -0.39 is 17.8 Å². The zero-order chi connectivity index (χ0) is 24.3. The van der Waals surface area contributed by atoms with Crippen molar-refractivity contribution < 1.29 is 23.1 Å². The van der Waals surface area contributed by atoms with E-state index in [9.17, 15) is 18.0 Å². The first-order chi connectivity index (χ1) is 16.2. The van der Waals surface area contributed by atoms with Gasteiger partial charge in [-0.15, -0.1) is 0 Å². The number of rotatable bonds is 8. The number of aliphatic carboxylic acids is 1. The van der Waals surface area contributed by atoms with Crippen LogP contribution in [0.2, 0.25) is 0 Å². The van der Waals surface area contributed by atoms with Gasteiger partial charge >= 0.3 is 12.1 Å². The molecule has 1 fully saturated rings. The van der Waals surface area contributed by atoms with Crippen molar-refractivity contribution >= 4 is 32.8 Å². The number of carboxylic acids is 1. The van der Waals surface area contributed by atoms with Crippen molar-refractivity contribution in [3.63, 3.8) is 0 Å². The molecule has 0 saturated carbocycles. The highest BCUT2D eigenvalue weighted by atomic mass is 32.1. The van der Waals surface area contributed by atoms with Crippen molar-refractivity contribution in [1.29, 1.82) is 0 Å². The van der Waals surface area contributed by atoms with Crippen LogP contribution in [0.5, 0.6) is 0 Å². The Hall–Kier alpha value is -2.72. The first kappa shape index (κ1) is 24.4. The lowest BCUT2D eigenvalue weighted by Gasteiger charge is -2.41. The van der Waals surface area contributed by atoms with Gasteiger partial charge in [-0.25, -0.2) is 9.97 Å². The number of pyridine rings is 1. The minimum atomic E-state index is -4.48. The third-order valence-electron chi connectivity index (χ3n) is 5.99. The number of hydrogen-bond donors (Lipinski definition) is 1. The van der Waals surface area contributed by atoms with Crippen LogP contribution in [0.3, 0.4) is 0 Å². The Labute approximate surface area is 200 Å². The normalized spacial score (nSPS) is 17.4. The number of alkyl halides is 3. The molecule has 1 aromatic carbocycles. The topological polar surface area (TPSA) is 69.6 Å². The smallest absolute Gasteiger partial charge is 0.433 e. The molecule has 0 amide bonds.